The summed E-state index contributed by atoms with van der Waals surface area (Å²) in [6.07, 6.45) is 6.20. The van der Waals surface area contributed by atoms with Crippen molar-refractivity contribution in [2.75, 3.05) is 17.2 Å². The molecule has 5 N–H and O–H groups in total. The van der Waals surface area contributed by atoms with Gasteiger partial charge in [-0.05, 0) is 64.4 Å². The SMILES string of the molecule is Cc1nc(NC2(C3CC3)CC2)nc(NC2(O)CCC(CO)C2O)c1-c1nc2c(C)nccc2s1. The third-order valence-electron chi connectivity index (χ3n) is 7.70. The van der Waals surface area contributed by atoms with Gasteiger partial charge in [0.05, 0.1) is 21.7 Å². The molecule has 0 bridgehead atoms. The van der Waals surface area contributed by atoms with Crippen molar-refractivity contribution < 1.29 is 15.3 Å². The van der Waals surface area contributed by atoms with Gasteiger partial charge >= 0.3 is 0 Å². The molecule has 3 unspecified atom stereocenters. The molecule has 34 heavy (non-hydrogen) atoms. The highest BCUT2D eigenvalue weighted by atomic mass is 32.1. The number of aliphatic hydroxyl groups is 3. The fraction of sp³-hybridized carbons (Fsp3) is 0.583. The van der Waals surface area contributed by atoms with Crippen LogP contribution in [0.4, 0.5) is 11.8 Å². The number of thiazole rings is 1. The molecule has 3 aliphatic carbocycles. The van der Waals surface area contributed by atoms with Crippen LogP contribution in [0.2, 0.25) is 0 Å². The van der Waals surface area contributed by atoms with Gasteiger partial charge in [-0.25, -0.2) is 9.97 Å². The zero-order valence-electron chi connectivity index (χ0n) is 19.4. The van der Waals surface area contributed by atoms with E-state index >= 15 is 0 Å². The Morgan fingerprint density at radius 2 is 1.85 bits per heavy atom. The van der Waals surface area contributed by atoms with Crippen LogP contribution in [0.15, 0.2) is 12.3 Å². The van der Waals surface area contributed by atoms with Gasteiger partial charge in [0.1, 0.15) is 22.4 Å². The van der Waals surface area contributed by atoms with Gasteiger partial charge in [-0.2, -0.15) is 4.98 Å². The second-order valence-electron chi connectivity index (χ2n) is 10.1. The van der Waals surface area contributed by atoms with E-state index in [0.717, 1.165) is 39.5 Å². The molecule has 3 aromatic rings. The first kappa shape index (κ1) is 22.1. The summed E-state index contributed by atoms with van der Waals surface area (Å²) in [7, 11) is 0. The topological polar surface area (TPSA) is 136 Å². The van der Waals surface area contributed by atoms with Crippen LogP contribution in [0.5, 0.6) is 0 Å². The number of aryl methyl sites for hydroxylation is 2. The molecule has 9 nitrogen and oxygen atoms in total. The summed E-state index contributed by atoms with van der Waals surface area (Å²) in [4.78, 5) is 18.8. The summed E-state index contributed by atoms with van der Waals surface area (Å²) in [6, 6.07) is 1.94. The van der Waals surface area contributed by atoms with Gasteiger partial charge in [-0.3, -0.25) is 4.98 Å². The van der Waals surface area contributed by atoms with E-state index < -0.39 is 11.8 Å². The van der Waals surface area contributed by atoms with Crippen LogP contribution in [0.1, 0.15) is 49.9 Å². The summed E-state index contributed by atoms with van der Waals surface area (Å²) in [5.41, 5.74) is 1.63. The molecule has 6 rings (SSSR count). The van der Waals surface area contributed by atoms with Crippen molar-refractivity contribution in [1.82, 2.24) is 19.9 Å². The smallest absolute Gasteiger partial charge is 0.225 e. The highest BCUT2D eigenvalue weighted by molar-refractivity contribution is 7.21. The molecule has 0 spiro atoms. The van der Waals surface area contributed by atoms with Gasteiger partial charge in [-0.1, -0.05) is 0 Å². The Balaban J connectivity index is 1.43. The Labute approximate surface area is 201 Å². The van der Waals surface area contributed by atoms with Gasteiger partial charge in [0.25, 0.3) is 0 Å². The van der Waals surface area contributed by atoms with Crippen LogP contribution in [-0.2, 0) is 0 Å². The number of hydrogen-bond acceptors (Lipinski definition) is 10. The van der Waals surface area contributed by atoms with Crippen molar-refractivity contribution in [3.8, 4) is 10.6 Å². The van der Waals surface area contributed by atoms with E-state index in [9.17, 15) is 15.3 Å². The van der Waals surface area contributed by atoms with Crippen molar-refractivity contribution in [2.45, 2.75) is 69.7 Å². The number of aromatic nitrogens is 4. The minimum atomic E-state index is -1.60. The van der Waals surface area contributed by atoms with E-state index in [2.05, 4.69) is 15.6 Å². The largest absolute Gasteiger partial charge is 0.396 e. The van der Waals surface area contributed by atoms with E-state index in [-0.39, 0.29) is 18.1 Å². The number of rotatable bonds is 7. The van der Waals surface area contributed by atoms with Crippen molar-refractivity contribution in [3.63, 3.8) is 0 Å². The minimum absolute atomic E-state index is 0.0929. The number of anilines is 2. The van der Waals surface area contributed by atoms with Gasteiger partial charge in [0.15, 0.2) is 5.72 Å². The molecule has 3 atom stereocenters. The summed E-state index contributed by atoms with van der Waals surface area (Å²) in [6.45, 7) is 3.68. The average molecular weight is 483 g/mol. The van der Waals surface area contributed by atoms with E-state index in [4.69, 9.17) is 15.0 Å². The molecular weight excluding hydrogens is 452 g/mol. The Kier molecular flexibility index (Phi) is 5.07. The Morgan fingerprint density at radius 1 is 1.06 bits per heavy atom. The first-order valence-corrected chi connectivity index (χ1v) is 12.8. The van der Waals surface area contributed by atoms with Gasteiger partial charge in [-0.15, -0.1) is 11.3 Å². The molecule has 0 saturated heterocycles. The summed E-state index contributed by atoms with van der Waals surface area (Å²) in [5, 5.41) is 39.1. The monoisotopic (exact) mass is 482 g/mol. The third kappa shape index (κ3) is 3.64. The maximum atomic E-state index is 11.3. The quantitative estimate of drug-likeness (QED) is 0.322. The fourth-order valence-corrected chi connectivity index (χ4v) is 6.44. The minimum Gasteiger partial charge on any atom is -0.396 e. The van der Waals surface area contributed by atoms with Crippen LogP contribution in [0.25, 0.3) is 20.8 Å². The highest BCUT2D eigenvalue weighted by Gasteiger charge is 2.54. The van der Waals surface area contributed by atoms with E-state index in [1.807, 2.05) is 19.9 Å². The predicted octanol–water partition coefficient (Wildman–Crippen LogP) is 2.98. The van der Waals surface area contributed by atoms with E-state index in [1.54, 1.807) is 6.20 Å². The Bertz CT molecular complexity index is 1260. The lowest BCUT2D eigenvalue weighted by atomic mass is 10.0. The average Bonchev–Trinajstić information content (AvgIpc) is 3.71. The molecule has 3 fully saturated rings. The molecule has 10 heteroatoms. The summed E-state index contributed by atoms with van der Waals surface area (Å²) in [5.74, 6) is 1.26. The lowest BCUT2D eigenvalue weighted by Crippen LogP contribution is -2.48. The molecule has 0 radical (unpaired) electrons. The molecule has 3 saturated carbocycles. The van der Waals surface area contributed by atoms with Crippen LogP contribution >= 0.6 is 11.3 Å². The number of pyridine rings is 1. The lowest BCUT2D eigenvalue weighted by Gasteiger charge is -2.31. The third-order valence-corrected chi connectivity index (χ3v) is 8.74. The second kappa shape index (κ2) is 7.81. The van der Waals surface area contributed by atoms with Crippen LogP contribution < -0.4 is 10.6 Å². The number of fused-ring (bicyclic) bond motifs is 1. The zero-order valence-corrected chi connectivity index (χ0v) is 20.2. The number of hydrogen-bond donors (Lipinski definition) is 5. The molecule has 0 aliphatic heterocycles. The normalized spacial score (nSPS) is 27.8. The lowest BCUT2D eigenvalue weighted by molar-refractivity contribution is -0.0545. The zero-order chi connectivity index (χ0) is 23.7. The van der Waals surface area contributed by atoms with Gasteiger partial charge in [0.2, 0.25) is 5.95 Å². The molecule has 0 amide bonds. The number of nitrogens with one attached hydrogen (secondary N) is 2. The van der Waals surface area contributed by atoms with E-state index in [1.165, 1.54) is 24.2 Å². The summed E-state index contributed by atoms with van der Waals surface area (Å²) >= 11 is 1.53. The van der Waals surface area contributed by atoms with Crippen molar-refractivity contribution in [2.24, 2.45) is 11.8 Å². The molecule has 180 valence electrons. The maximum Gasteiger partial charge on any atom is 0.225 e. The standard InChI is InChI=1S/C24H30N6O3S/c1-12-17(21-27-18-13(2)25-10-6-16(18)34-21)20(29-24(33)7-5-14(11-31)19(24)32)28-22(26-12)30-23(8-9-23)15-3-4-15/h6,10,14-15,19,31-33H,3-5,7-9,11H2,1-2H3,(H2,26,28,29,30). The van der Waals surface area contributed by atoms with Crippen LogP contribution in [0.3, 0.4) is 0 Å². The molecular formula is C24H30N6O3S. The maximum absolute atomic E-state index is 11.3. The predicted molar refractivity (Wildman–Crippen MR) is 131 cm³/mol. The first-order chi connectivity index (χ1) is 16.3. The Morgan fingerprint density at radius 3 is 2.50 bits per heavy atom. The number of aliphatic hydroxyl groups excluding tert-OH is 2. The van der Waals surface area contributed by atoms with Crippen LogP contribution in [-0.4, -0.2) is 59.2 Å². The molecule has 3 aliphatic rings. The second-order valence-corrected chi connectivity index (χ2v) is 11.2. The van der Waals surface area contributed by atoms with Crippen molar-refractivity contribution in [1.29, 1.82) is 0 Å². The number of nitrogens with zero attached hydrogens (tertiary/aromatic N) is 4. The fourth-order valence-electron chi connectivity index (χ4n) is 5.33. The van der Waals surface area contributed by atoms with Crippen LogP contribution in [0, 0.1) is 25.7 Å². The summed E-state index contributed by atoms with van der Waals surface area (Å²) < 4.78 is 1.01. The molecule has 3 aromatic heterocycles. The molecule has 3 heterocycles. The molecule has 0 aromatic carbocycles. The van der Waals surface area contributed by atoms with Crippen molar-refractivity contribution >= 4 is 33.3 Å². The highest BCUT2D eigenvalue weighted by Crippen LogP contribution is 2.55. The Hall–Kier alpha value is -2.40. The van der Waals surface area contributed by atoms with Gasteiger partial charge < -0.3 is 26.0 Å². The van der Waals surface area contributed by atoms with E-state index in [0.29, 0.717) is 36.1 Å². The van der Waals surface area contributed by atoms with Crippen molar-refractivity contribution in [3.05, 3.63) is 23.7 Å². The first-order valence-electron chi connectivity index (χ1n) is 12.0. The van der Waals surface area contributed by atoms with Gasteiger partial charge in [0, 0.05) is 24.3 Å².